The van der Waals surface area contributed by atoms with Gasteiger partial charge in [0.2, 0.25) is 0 Å². The van der Waals surface area contributed by atoms with Crippen molar-refractivity contribution >= 4 is 0 Å². The topological polar surface area (TPSA) is 40.5 Å². The minimum atomic E-state index is -0.131. The molecule has 4 fully saturated rings. The predicted molar refractivity (Wildman–Crippen MR) is 107 cm³/mol. The Morgan fingerprint density at radius 3 is 2.35 bits per heavy atom. The van der Waals surface area contributed by atoms with Crippen LogP contribution < -0.4 is 0 Å². The van der Waals surface area contributed by atoms with Crippen molar-refractivity contribution in [1.29, 1.82) is 0 Å². The van der Waals surface area contributed by atoms with E-state index in [4.69, 9.17) is 0 Å². The van der Waals surface area contributed by atoms with Crippen molar-refractivity contribution in [2.45, 2.75) is 104 Å². The van der Waals surface area contributed by atoms with Gasteiger partial charge in [0, 0.05) is 0 Å². The fraction of sp³-hybridized carbons (Fsp3) is 1.00. The number of hydrogen-bond donors (Lipinski definition) is 2. The average molecular weight is 363 g/mol. The van der Waals surface area contributed by atoms with E-state index in [1.807, 2.05) is 0 Å². The second-order valence-corrected chi connectivity index (χ2v) is 11.2. The van der Waals surface area contributed by atoms with Gasteiger partial charge in [0.05, 0.1) is 12.2 Å². The molecule has 0 aliphatic heterocycles. The van der Waals surface area contributed by atoms with Crippen LogP contribution in [0.3, 0.4) is 0 Å². The minimum absolute atomic E-state index is 0.128. The van der Waals surface area contributed by atoms with Crippen molar-refractivity contribution < 1.29 is 10.2 Å². The molecule has 0 radical (unpaired) electrons. The van der Waals surface area contributed by atoms with Gasteiger partial charge in [-0.1, -0.05) is 40.5 Å². The van der Waals surface area contributed by atoms with Crippen molar-refractivity contribution in [1.82, 2.24) is 0 Å². The number of hydrogen-bond acceptors (Lipinski definition) is 2. The Kier molecular flexibility index (Phi) is 5.01. The molecule has 0 heterocycles. The molecule has 0 aromatic heterocycles. The van der Waals surface area contributed by atoms with Crippen LogP contribution in [0.5, 0.6) is 0 Å². The maximum atomic E-state index is 11.3. The SMILES string of the molecule is CCC[C@@H](C)[C@H]1CCC2C3[C@@H](O)C[C@@H]4C[C@H](O)CC[C@]4(C)[C@H]3CC[C@@]21C. The van der Waals surface area contributed by atoms with E-state index in [0.29, 0.717) is 28.6 Å². The summed E-state index contributed by atoms with van der Waals surface area (Å²) in [5.74, 6) is 4.15. The van der Waals surface area contributed by atoms with E-state index < -0.39 is 0 Å². The molecule has 26 heavy (non-hydrogen) atoms. The Morgan fingerprint density at radius 1 is 0.923 bits per heavy atom. The third-order valence-corrected chi connectivity index (χ3v) is 10.2. The summed E-state index contributed by atoms with van der Waals surface area (Å²) in [7, 11) is 0. The molecule has 10 atom stereocenters. The zero-order valence-corrected chi connectivity index (χ0v) is 17.6. The van der Waals surface area contributed by atoms with E-state index in [1.54, 1.807) is 0 Å². The van der Waals surface area contributed by atoms with Gasteiger partial charge >= 0.3 is 0 Å². The molecule has 0 bridgehead atoms. The van der Waals surface area contributed by atoms with Gasteiger partial charge in [0.15, 0.2) is 0 Å². The van der Waals surface area contributed by atoms with Crippen LogP contribution in [0.1, 0.15) is 91.9 Å². The monoisotopic (exact) mass is 362 g/mol. The number of fused-ring (bicyclic) bond motifs is 5. The van der Waals surface area contributed by atoms with E-state index in [0.717, 1.165) is 37.0 Å². The molecule has 0 aromatic carbocycles. The summed E-state index contributed by atoms with van der Waals surface area (Å²) < 4.78 is 0. The Balaban J connectivity index is 1.61. The van der Waals surface area contributed by atoms with Crippen LogP contribution in [-0.4, -0.2) is 22.4 Å². The summed E-state index contributed by atoms with van der Waals surface area (Å²) in [6.07, 6.45) is 11.8. The van der Waals surface area contributed by atoms with Gasteiger partial charge < -0.3 is 10.2 Å². The van der Waals surface area contributed by atoms with Gasteiger partial charge in [-0.2, -0.15) is 0 Å². The lowest BCUT2D eigenvalue weighted by Gasteiger charge is -2.62. The lowest BCUT2D eigenvalue weighted by Crippen LogP contribution is -2.58. The van der Waals surface area contributed by atoms with Crippen LogP contribution >= 0.6 is 0 Å². The first-order valence-corrected chi connectivity index (χ1v) is 11.7. The zero-order valence-electron chi connectivity index (χ0n) is 17.6. The zero-order chi connectivity index (χ0) is 18.7. The highest BCUT2D eigenvalue weighted by molar-refractivity contribution is 5.11. The number of aliphatic hydroxyl groups excluding tert-OH is 2. The molecule has 0 amide bonds. The van der Waals surface area contributed by atoms with Crippen molar-refractivity contribution in [2.75, 3.05) is 0 Å². The Bertz CT molecular complexity index is 518. The molecular weight excluding hydrogens is 320 g/mol. The highest BCUT2D eigenvalue weighted by Gasteiger charge is 2.62. The van der Waals surface area contributed by atoms with Crippen molar-refractivity contribution in [2.24, 2.45) is 46.3 Å². The number of aliphatic hydroxyl groups is 2. The molecule has 4 aliphatic carbocycles. The standard InChI is InChI=1S/C24H42O2/c1-5-6-15(2)18-7-8-19-22-20(10-12-24(18,19)4)23(3)11-9-17(25)13-16(23)14-21(22)26/h15-22,25-26H,5-14H2,1-4H3/t15-,16+,17-,18-,19?,20+,21+,22?,23+,24-/m1/s1. The van der Waals surface area contributed by atoms with Gasteiger partial charge in [-0.25, -0.2) is 0 Å². The molecule has 0 spiro atoms. The maximum absolute atomic E-state index is 11.3. The Labute approximate surface area is 161 Å². The normalized spacial score (nSPS) is 54.9. The van der Waals surface area contributed by atoms with Gasteiger partial charge in [0.25, 0.3) is 0 Å². The summed E-state index contributed by atoms with van der Waals surface area (Å²) in [6.45, 7) is 9.92. The van der Waals surface area contributed by atoms with Crippen molar-refractivity contribution in [3.63, 3.8) is 0 Å². The molecular formula is C24H42O2. The molecule has 4 rings (SSSR count). The largest absolute Gasteiger partial charge is 0.393 e. The Morgan fingerprint density at radius 2 is 1.62 bits per heavy atom. The van der Waals surface area contributed by atoms with Crippen LogP contribution in [0.15, 0.2) is 0 Å². The fourth-order valence-corrected chi connectivity index (χ4v) is 8.83. The molecule has 2 heteroatoms. The van der Waals surface area contributed by atoms with Crippen LogP contribution in [-0.2, 0) is 0 Å². The highest BCUT2D eigenvalue weighted by atomic mass is 16.3. The van der Waals surface area contributed by atoms with Gasteiger partial charge in [-0.15, -0.1) is 0 Å². The Hall–Kier alpha value is -0.0800. The quantitative estimate of drug-likeness (QED) is 0.704. The molecule has 2 N–H and O–H groups in total. The highest BCUT2D eigenvalue weighted by Crippen LogP contribution is 2.68. The van der Waals surface area contributed by atoms with E-state index in [9.17, 15) is 10.2 Å². The molecule has 2 unspecified atom stereocenters. The first-order valence-electron chi connectivity index (χ1n) is 11.7. The molecule has 150 valence electrons. The summed E-state index contributed by atoms with van der Waals surface area (Å²) in [4.78, 5) is 0. The minimum Gasteiger partial charge on any atom is -0.393 e. The molecule has 0 saturated heterocycles. The lowest BCUT2D eigenvalue weighted by atomic mass is 9.43. The fourth-order valence-electron chi connectivity index (χ4n) is 8.83. The number of rotatable bonds is 3. The third-order valence-electron chi connectivity index (χ3n) is 10.2. The van der Waals surface area contributed by atoms with Crippen molar-refractivity contribution in [3.05, 3.63) is 0 Å². The average Bonchev–Trinajstić information content (AvgIpc) is 2.94. The van der Waals surface area contributed by atoms with E-state index >= 15 is 0 Å². The molecule has 0 aromatic rings. The van der Waals surface area contributed by atoms with E-state index in [2.05, 4.69) is 27.7 Å². The second-order valence-electron chi connectivity index (χ2n) is 11.2. The second kappa shape index (κ2) is 6.76. The van der Waals surface area contributed by atoms with Crippen LogP contribution in [0.2, 0.25) is 0 Å². The van der Waals surface area contributed by atoms with Gasteiger partial charge in [-0.3, -0.25) is 0 Å². The van der Waals surface area contributed by atoms with E-state index in [-0.39, 0.29) is 12.2 Å². The van der Waals surface area contributed by atoms with Crippen LogP contribution in [0, 0.1) is 46.3 Å². The summed E-state index contributed by atoms with van der Waals surface area (Å²) in [5, 5.41) is 21.5. The molecule has 2 nitrogen and oxygen atoms in total. The molecule has 4 saturated carbocycles. The van der Waals surface area contributed by atoms with E-state index in [1.165, 1.54) is 44.9 Å². The summed E-state index contributed by atoms with van der Waals surface area (Å²) in [6, 6.07) is 0. The maximum Gasteiger partial charge on any atom is 0.0577 e. The predicted octanol–water partition coefficient (Wildman–Crippen LogP) is 5.41. The molecule has 4 aliphatic rings. The lowest BCUT2D eigenvalue weighted by molar-refractivity contribution is -0.174. The first-order chi connectivity index (χ1) is 12.3. The summed E-state index contributed by atoms with van der Waals surface area (Å²) >= 11 is 0. The van der Waals surface area contributed by atoms with Gasteiger partial charge in [0.1, 0.15) is 0 Å². The smallest absolute Gasteiger partial charge is 0.0577 e. The van der Waals surface area contributed by atoms with Crippen LogP contribution in [0.4, 0.5) is 0 Å². The van der Waals surface area contributed by atoms with Crippen molar-refractivity contribution in [3.8, 4) is 0 Å². The summed E-state index contributed by atoms with van der Waals surface area (Å²) in [5.41, 5.74) is 0.811. The third kappa shape index (κ3) is 2.72. The first kappa shape index (κ1) is 19.2. The van der Waals surface area contributed by atoms with Crippen LogP contribution in [0.25, 0.3) is 0 Å². The van der Waals surface area contributed by atoms with Gasteiger partial charge in [-0.05, 0) is 97.7 Å².